The van der Waals surface area contributed by atoms with Gasteiger partial charge in [0.2, 0.25) is 33.7 Å². The molecule has 1 spiro atoms. The highest BCUT2D eigenvalue weighted by Crippen LogP contribution is 2.43. The molecule has 1 aliphatic carbocycles. The van der Waals surface area contributed by atoms with E-state index in [2.05, 4.69) is 25.9 Å². The fourth-order valence-corrected chi connectivity index (χ4v) is 11.3. The molecule has 61 heavy (non-hydrogen) atoms. The van der Waals surface area contributed by atoms with Crippen LogP contribution in [0.2, 0.25) is 0 Å². The van der Waals surface area contributed by atoms with Crippen molar-refractivity contribution in [2.45, 2.75) is 93.8 Å². The molecule has 18 heteroatoms. The van der Waals surface area contributed by atoms with E-state index < -0.39 is 33.6 Å². The third-order valence-electron chi connectivity index (χ3n) is 13.6. The average Bonchev–Trinajstić information content (AvgIpc) is 3.77. The molecule has 3 atom stereocenters. The summed E-state index contributed by atoms with van der Waals surface area (Å²) in [4.78, 5) is 76.3. The summed E-state index contributed by atoms with van der Waals surface area (Å²) < 4.78 is 30.7. The number of anilines is 3. The number of pyridine rings is 1. The van der Waals surface area contributed by atoms with Crippen LogP contribution in [-0.2, 0) is 31.0 Å². The van der Waals surface area contributed by atoms with Gasteiger partial charge in [-0.25, -0.2) is 13.4 Å². The van der Waals surface area contributed by atoms with Gasteiger partial charge in [0.1, 0.15) is 11.7 Å². The number of fused-ring (bicyclic) bond motifs is 2. The number of aromatic nitrogens is 3. The van der Waals surface area contributed by atoms with Crippen LogP contribution in [0, 0.1) is 5.41 Å². The molecule has 4 aliphatic heterocycles. The van der Waals surface area contributed by atoms with Crippen LogP contribution in [0.3, 0.4) is 0 Å². The molecule has 5 aliphatic rings. The Kier molecular flexibility index (Phi) is 10.4. The molecule has 4 amide bonds. The van der Waals surface area contributed by atoms with E-state index in [9.17, 15) is 37.5 Å². The zero-order chi connectivity index (χ0) is 42.7. The van der Waals surface area contributed by atoms with Gasteiger partial charge in [0.15, 0.2) is 0 Å². The lowest BCUT2D eigenvalue weighted by molar-refractivity contribution is -0.137. The number of aliphatic hydroxyl groups is 1. The van der Waals surface area contributed by atoms with Gasteiger partial charge in [0.05, 0.1) is 23.1 Å². The molecule has 2 aromatic carbocycles. The Morgan fingerprint density at radius 1 is 0.934 bits per heavy atom. The van der Waals surface area contributed by atoms with Gasteiger partial charge in [-0.1, -0.05) is 6.07 Å². The van der Waals surface area contributed by atoms with Crippen molar-refractivity contribution in [1.82, 2.24) is 34.0 Å². The Bertz CT molecular complexity index is 2600. The second-order valence-corrected chi connectivity index (χ2v) is 19.2. The van der Waals surface area contributed by atoms with Gasteiger partial charge in [-0.2, -0.15) is 9.29 Å². The largest absolute Gasteiger partial charge is 0.388 e. The first-order chi connectivity index (χ1) is 29.2. The van der Waals surface area contributed by atoms with Gasteiger partial charge in [-0.15, -0.1) is 0 Å². The van der Waals surface area contributed by atoms with Crippen molar-refractivity contribution in [2.75, 3.05) is 43.4 Å². The van der Waals surface area contributed by atoms with Crippen LogP contribution >= 0.6 is 0 Å². The summed E-state index contributed by atoms with van der Waals surface area (Å²) in [6.45, 7) is 3.89. The third kappa shape index (κ3) is 7.65. The van der Waals surface area contributed by atoms with E-state index in [0.717, 1.165) is 24.8 Å². The van der Waals surface area contributed by atoms with E-state index in [1.807, 2.05) is 11.0 Å². The number of hydrogen-bond donors (Lipinski definition) is 4. The SMILES string of the molecule is C[C@@]1(O)CCC[C@H]1n1c(=O)ccc2cnc(Nc3ccc(S(=O)(=O)N4CCC5(CCN(C(=O)CNc6cccc7c6CN(C6CCC(=O)NC6=O)C7=O)CC5)CC4)cc3)nc21. The van der Waals surface area contributed by atoms with E-state index >= 15 is 0 Å². The van der Waals surface area contributed by atoms with Crippen molar-refractivity contribution >= 4 is 62.0 Å². The second-order valence-electron chi connectivity index (χ2n) is 17.3. The predicted molar refractivity (Wildman–Crippen MR) is 224 cm³/mol. The number of likely N-dealkylation sites (tertiary alicyclic amines) is 1. The zero-order valence-electron chi connectivity index (χ0n) is 33.9. The molecule has 3 saturated heterocycles. The molecule has 320 valence electrons. The molecule has 17 nitrogen and oxygen atoms in total. The molecule has 9 rings (SSSR count). The van der Waals surface area contributed by atoms with Crippen LogP contribution in [0.5, 0.6) is 0 Å². The molecule has 1 saturated carbocycles. The van der Waals surface area contributed by atoms with E-state index in [4.69, 9.17) is 0 Å². The first-order valence-corrected chi connectivity index (χ1v) is 22.4. The zero-order valence-corrected chi connectivity index (χ0v) is 34.7. The normalized spacial score (nSPS) is 24.3. The summed E-state index contributed by atoms with van der Waals surface area (Å²) >= 11 is 0. The lowest BCUT2D eigenvalue weighted by Crippen LogP contribution is -2.52. The van der Waals surface area contributed by atoms with Gasteiger partial charge >= 0.3 is 0 Å². The fraction of sp³-hybridized carbons (Fsp3) is 0.465. The Labute approximate surface area is 352 Å². The maximum atomic E-state index is 13.8. The number of hydrogen-bond acceptors (Lipinski definition) is 12. The van der Waals surface area contributed by atoms with Crippen molar-refractivity contribution in [2.24, 2.45) is 5.41 Å². The molecule has 6 heterocycles. The highest BCUT2D eigenvalue weighted by Gasteiger charge is 2.43. The Balaban J connectivity index is 0.775. The molecule has 4 aromatic rings. The molecule has 4 N–H and O–H groups in total. The van der Waals surface area contributed by atoms with Crippen molar-refractivity contribution in [3.8, 4) is 0 Å². The van der Waals surface area contributed by atoms with E-state index in [1.165, 1.54) is 15.3 Å². The number of carbonyl (C=O) groups excluding carboxylic acids is 4. The standard InChI is InChI=1S/C43H49N9O8S/c1-42(58)15-3-6-34(42)52-36(54)14-7-27-24-45-41(48-38(27)52)46-28-8-10-29(11-9-28)61(59,60)50-22-18-43(19-23-50)16-20-49(21-17-43)37(55)25-44-32-5-2-4-30-31(32)26-51(40(30)57)33-12-13-35(53)47-39(33)56/h2,4-5,7-11,14,24,33-34,44,58H,3,6,12-13,15-23,25-26H2,1H3,(H,45,46,48)(H,47,53,56)/t33?,34-,42-/m1/s1. The van der Waals surface area contributed by atoms with Gasteiger partial charge < -0.3 is 25.5 Å². The second kappa shape index (κ2) is 15.6. The highest BCUT2D eigenvalue weighted by atomic mass is 32.2. The summed E-state index contributed by atoms with van der Waals surface area (Å²) in [6, 6.07) is 13.7. The molecule has 0 radical (unpaired) electrons. The van der Waals surface area contributed by atoms with E-state index in [1.54, 1.807) is 60.2 Å². The van der Waals surface area contributed by atoms with E-state index in [0.29, 0.717) is 79.8 Å². The minimum absolute atomic E-state index is 0.0402. The van der Waals surface area contributed by atoms with Crippen molar-refractivity contribution < 1.29 is 32.7 Å². The Morgan fingerprint density at radius 2 is 1.67 bits per heavy atom. The number of nitrogens with one attached hydrogen (secondary N) is 3. The summed E-state index contributed by atoms with van der Waals surface area (Å²) in [5.41, 5.74) is 1.51. The number of benzene rings is 2. The van der Waals surface area contributed by atoms with Crippen molar-refractivity contribution in [1.29, 1.82) is 0 Å². The number of piperidine rings is 3. The number of nitrogens with zero attached hydrogens (tertiary/aromatic N) is 6. The summed E-state index contributed by atoms with van der Waals surface area (Å²) in [7, 11) is -3.77. The molecular weight excluding hydrogens is 803 g/mol. The van der Waals surface area contributed by atoms with E-state index in [-0.39, 0.29) is 65.5 Å². The van der Waals surface area contributed by atoms with Crippen LogP contribution in [0.15, 0.2) is 70.5 Å². The summed E-state index contributed by atoms with van der Waals surface area (Å²) in [5, 5.41) is 20.3. The van der Waals surface area contributed by atoms with Crippen LogP contribution in [0.4, 0.5) is 17.3 Å². The van der Waals surface area contributed by atoms with Gasteiger partial charge in [-0.05, 0) is 106 Å². The first-order valence-electron chi connectivity index (χ1n) is 21.0. The Hall–Kier alpha value is -5.72. The van der Waals surface area contributed by atoms with Crippen LogP contribution < -0.4 is 21.5 Å². The van der Waals surface area contributed by atoms with Crippen LogP contribution in [0.1, 0.15) is 86.7 Å². The molecule has 4 fully saturated rings. The van der Waals surface area contributed by atoms with Crippen LogP contribution in [-0.4, -0.2) is 110 Å². The minimum atomic E-state index is -3.77. The quantitative estimate of drug-likeness (QED) is 0.179. The Morgan fingerprint density at radius 3 is 2.38 bits per heavy atom. The van der Waals surface area contributed by atoms with Crippen molar-refractivity contribution in [3.05, 3.63) is 82.3 Å². The number of rotatable bonds is 9. The monoisotopic (exact) mass is 851 g/mol. The molecule has 1 unspecified atom stereocenters. The summed E-state index contributed by atoms with van der Waals surface area (Å²) in [6.07, 6.45) is 7.05. The van der Waals surface area contributed by atoms with Gasteiger partial charge in [0, 0.05) is 79.3 Å². The lowest BCUT2D eigenvalue weighted by Gasteiger charge is -2.46. The van der Waals surface area contributed by atoms with Crippen molar-refractivity contribution in [3.63, 3.8) is 0 Å². The highest BCUT2D eigenvalue weighted by molar-refractivity contribution is 7.89. The number of imide groups is 1. The molecular formula is C43H49N9O8S. The third-order valence-corrected chi connectivity index (χ3v) is 15.5. The molecule has 0 bridgehead atoms. The fourth-order valence-electron chi connectivity index (χ4n) is 9.89. The van der Waals surface area contributed by atoms with Gasteiger partial charge in [0.25, 0.3) is 11.5 Å². The average molecular weight is 852 g/mol. The lowest BCUT2D eigenvalue weighted by atomic mass is 9.71. The smallest absolute Gasteiger partial charge is 0.255 e. The van der Waals surface area contributed by atoms with Gasteiger partial charge in [-0.3, -0.25) is 33.9 Å². The number of carbonyl (C=O) groups is 4. The topological polar surface area (TPSA) is 216 Å². The predicted octanol–water partition coefficient (Wildman–Crippen LogP) is 3.28. The molecule has 2 aromatic heterocycles. The van der Waals surface area contributed by atoms with Crippen LogP contribution in [0.25, 0.3) is 11.0 Å². The first kappa shape index (κ1) is 40.7. The summed E-state index contributed by atoms with van der Waals surface area (Å²) in [5.74, 6) is -0.918. The minimum Gasteiger partial charge on any atom is -0.388 e. The number of amides is 4. The maximum absolute atomic E-state index is 13.8. The maximum Gasteiger partial charge on any atom is 0.255 e. The number of sulfonamides is 1.